The molecule has 4 heteroatoms. The minimum atomic E-state index is -0.185. The smallest absolute Gasteiger partial charge is 0.243 e. The van der Waals surface area contributed by atoms with Crippen molar-refractivity contribution < 1.29 is 14.4 Å². The molecule has 0 heterocycles. The van der Waals surface area contributed by atoms with E-state index in [9.17, 15) is 9.59 Å². The van der Waals surface area contributed by atoms with Gasteiger partial charge in [0.25, 0.3) is 0 Å². The quantitative estimate of drug-likeness (QED) is 0.720. The van der Waals surface area contributed by atoms with Crippen molar-refractivity contribution >= 4 is 11.7 Å². The summed E-state index contributed by atoms with van der Waals surface area (Å²) in [5.74, 6) is 0.00263. The van der Waals surface area contributed by atoms with Crippen LogP contribution in [0.15, 0.2) is 30.3 Å². The number of Topliss-reactive ketones (excluding diaryl/α,β-unsaturated/α-hetero) is 1. The number of carbonyl (C=O) groups excluding carboxylic acids is 2. The number of carbonyl (C=O) groups is 2. The predicted molar refractivity (Wildman–Crippen MR) is 68.5 cm³/mol. The molecular formula is C14H19NO3. The molecule has 0 bridgehead atoms. The number of hydrogen-bond donors (Lipinski definition) is 1. The average molecular weight is 249 g/mol. The van der Waals surface area contributed by atoms with E-state index in [0.29, 0.717) is 32.3 Å². The van der Waals surface area contributed by atoms with Crippen molar-refractivity contribution in [2.24, 2.45) is 0 Å². The zero-order valence-corrected chi connectivity index (χ0v) is 10.6. The van der Waals surface area contributed by atoms with E-state index >= 15 is 0 Å². The number of rotatable bonds is 8. The zero-order chi connectivity index (χ0) is 13.2. The van der Waals surface area contributed by atoms with E-state index in [4.69, 9.17) is 4.84 Å². The van der Waals surface area contributed by atoms with Gasteiger partial charge in [0.1, 0.15) is 5.78 Å². The Morgan fingerprint density at radius 3 is 2.56 bits per heavy atom. The van der Waals surface area contributed by atoms with E-state index in [-0.39, 0.29) is 11.7 Å². The van der Waals surface area contributed by atoms with Crippen LogP contribution >= 0.6 is 0 Å². The number of amides is 1. The monoisotopic (exact) mass is 249 g/mol. The number of benzene rings is 1. The molecule has 0 radical (unpaired) electrons. The summed E-state index contributed by atoms with van der Waals surface area (Å²) in [6.45, 7) is 2.17. The van der Waals surface area contributed by atoms with Crippen molar-refractivity contribution in [2.75, 3.05) is 0 Å². The van der Waals surface area contributed by atoms with Crippen molar-refractivity contribution in [3.8, 4) is 0 Å². The Morgan fingerprint density at radius 2 is 1.89 bits per heavy atom. The molecule has 1 rings (SSSR count). The number of hydrogen-bond acceptors (Lipinski definition) is 3. The van der Waals surface area contributed by atoms with Crippen molar-refractivity contribution in [1.29, 1.82) is 0 Å². The molecule has 0 aliphatic rings. The third-order valence-corrected chi connectivity index (χ3v) is 2.52. The van der Waals surface area contributed by atoms with Crippen LogP contribution in [0.4, 0.5) is 0 Å². The Hall–Kier alpha value is -1.68. The van der Waals surface area contributed by atoms with Gasteiger partial charge in [-0.05, 0) is 12.0 Å². The van der Waals surface area contributed by atoms with Crippen LogP contribution in [0.1, 0.15) is 38.2 Å². The molecule has 1 N–H and O–H groups in total. The van der Waals surface area contributed by atoms with E-state index in [1.54, 1.807) is 0 Å². The summed E-state index contributed by atoms with van der Waals surface area (Å²) in [5, 5.41) is 0. The number of nitrogens with one attached hydrogen (secondary N) is 1. The molecule has 0 aromatic heterocycles. The highest BCUT2D eigenvalue weighted by Crippen LogP contribution is 2.01. The van der Waals surface area contributed by atoms with E-state index < -0.39 is 0 Å². The fourth-order valence-corrected chi connectivity index (χ4v) is 1.45. The first-order valence-electron chi connectivity index (χ1n) is 6.18. The molecule has 0 spiro atoms. The van der Waals surface area contributed by atoms with Crippen LogP contribution in [0.3, 0.4) is 0 Å². The third-order valence-electron chi connectivity index (χ3n) is 2.52. The van der Waals surface area contributed by atoms with Gasteiger partial charge in [0.15, 0.2) is 0 Å². The molecule has 0 saturated carbocycles. The van der Waals surface area contributed by atoms with E-state index in [2.05, 4.69) is 5.48 Å². The van der Waals surface area contributed by atoms with Gasteiger partial charge >= 0.3 is 0 Å². The summed E-state index contributed by atoms with van der Waals surface area (Å²) in [6, 6.07) is 9.60. The van der Waals surface area contributed by atoms with Crippen LogP contribution in [0.25, 0.3) is 0 Å². The fourth-order valence-electron chi connectivity index (χ4n) is 1.45. The van der Waals surface area contributed by atoms with Crippen molar-refractivity contribution in [2.45, 2.75) is 39.2 Å². The Bertz CT molecular complexity index is 376. The minimum Gasteiger partial charge on any atom is -0.300 e. The minimum absolute atomic E-state index is 0.185. The van der Waals surface area contributed by atoms with Gasteiger partial charge in [-0.3, -0.25) is 14.4 Å². The van der Waals surface area contributed by atoms with E-state index in [1.807, 2.05) is 37.3 Å². The molecule has 0 atom stereocenters. The highest BCUT2D eigenvalue weighted by Gasteiger charge is 2.03. The second-order valence-electron chi connectivity index (χ2n) is 4.05. The predicted octanol–water partition coefficient (Wildman–Crippen LogP) is 2.38. The largest absolute Gasteiger partial charge is 0.300 e. The zero-order valence-electron chi connectivity index (χ0n) is 10.6. The molecule has 0 fully saturated rings. The molecule has 18 heavy (non-hydrogen) atoms. The summed E-state index contributed by atoms with van der Waals surface area (Å²) in [4.78, 5) is 27.5. The van der Waals surface area contributed by atoms with Gasteiger partial charge in [-0.1, -0.05) is 37.3 Å². The van der Waals surface area contributed by atoms with Gasteiger partial charge in [-0.25, -0.2) is 5.48 Å². The summed E-state index contributed by atoms with van der Waals surface area (Å²) in [6.07, 6.45) is 1.89. The molecular weight excluding hydrogens is 230 g/mol. The lowest BCUT2D eigenvalue weighted by molar-refractivity contribution is -0.134. The summed E-state index contributed by atoms with van der Waals surface area (Å²) < 4.78 is 0. The van der Waals surface area contributed by atoms with Crippen LogP contribution in [0.5, 0.6) is 0 Å². The lowest BCUT2D eigenvalue weighted by Gasteiger charge is -2.05. The standard InChI is InChI=1S/C14H19NO3/c1-2-13(16)9-6-10-14(17)15-18-11-12-7-4-3-5-8-12/h3-5,7-8H,2,6,9-11H2,1H3,(H,15,17). The molecule has 1 aromatic rings. The summed E-state index contributed by atoms with van der Waals surface area (Å²) in [7, 11) is 0. The van der Waals surface area contributed by atoms with Gasteiger partial charge in [0.05, 0.1) is 6.61 Å². The molecule has 0 saturated heterocycles. The molecule has 0 unspecified atom stereocenters. The maximum Gasteiger partial charge on any atom is 0.243 e. The average Bonchev–Trinajstić information content (AvgIpc) is 2.39. The third kappa shape index (κ3) is 6.15. The number of ketones is 1. The van der Waals surface area contributed by atoms with E-state index in [1.165, 1.54) is 0 Å². The van der Waals surface area contributed by atoms with Gasteiger partial charge in [-0.15, -0.1) is 0 Å². The van der Waals surface area contributed by atoms with Gasteiger partial charge in [-0.2, -0.15) is 0 Å². The first kappa shape index (κ1) is 14.4. The maximum atomic E-state index is 11.4. The Labute approximate surface area is 107 Å². The summed E-state index contributed by atoms with van der Waals surface area (Å²) >= 11 is 0. The topological polar surface area (TPSA) is 55.4 Å². The molecule has 98 valence electrons. The van der Waals surface area contributed by atoms with Crippen molar-refractivity contribution in [3.63, 3.8) is 0 Å². The molecule has 4 nitrogen and oxygen atoms in total. The highest BCUT2D eigenvalue weighted by molar-refractivity contribution is 5.79. The first-order chi connectivity index (χ1) is 8.72. The summed E-state index contributed by atoms with van der Waals surface area (Å²) in [5.41, 5.74) is 3.37. The second-order valence-corrected chi connectivity index (χ2v) is 4.05. The lowest BCUT2D eigenvalue weighted by Crippen LogP contribution is -2.23. The Morgan fingerprint density at radius 1 is 1.17 bits per heavy atom. The SMILES string of the molecule is CCC(=O)CCCC(=O)NOCc1ccccc1. The first-order valence-corrected chi connectivity index (χ1v) is 6.18. The fraction of sp³-hybridized carbons (Fsp3) is 0.429. The van der Waals surface area contributed by atoms with E-state index in [0.717, 1.165) is 5.56 Å². The lowest BCUT2D eigenvalue weighted by atomic mass is 10.1. The van der Waals surface area contributed by atoms with Crippen LogP contribution in [-0.4, -0.2) is 11.7 Å². The van der Waals surface area contributed by atoms with Gasteiger partial charge in [0.2, 0.25) is 5.91 Å². The molecule has 0 aliphatic carbocycles. The van der Waals surface area contributed by atoms with Crippen molar-refractivity contribution in [1.82, 2.24) is 5.48 Å². The van der Waals surface area contributed by atoms with Gasteiger partial charge < -0.3 is 0 Å². The number of hydroxylamine groups is 1. The van der Waals surface area contributed by atoms with Crippen LogP contribution in [-0.2, 0) is 21.0 Å². The van der Waals surface area contributed by atoms with Crippen LogP contribution in [0, 0.1) is 0 Å². The van der Waals surface area contributed by atoms with Crippen LogP contribution in [0.2, 0.25) is 0 Å². The second kappa shape index (κ2) is 8.42. The Balaban J connectivity index is 2.09. The molecule has 0 aliphatic heterocycles. The van der Waals surface area contributed by atoms with Crippen molar-refractivity contribution in [3.05, 3.63) is 35.9 Å². The molecule has 1 aromatic carbocycles. The Kier molecular flexibility index (Phi) is 6.72. The molecule has 1 amide bonds. The van der Waals surface area contributed by atoms with Crippen LogP contribution < -0.4 is 5.48 Å². The highest BCUT2D eigenvalue weighted by atomic mass is 16.6. The maximum absolute atomic E-state index is 11.4. The normalized spacial score (nSPS) is 10.1. The van der Waals surface area contributed by atoms with Gasteiger partial charge in [0, 0.05) is 19.3 Å².